The first-order valence-electron chi connectivity index (χ1n) is 6.61. The maximum Gasteiger partial charge on any atom is 0.191 e. The van der Waals surface area contributed by atoms with E-state index in [4.69, 9.17) is 16.3 Å². The summed E-state index contributed by atoms with van der Waals surface area (Å²) in [5.74, 6) is 1.65. The van der Waals surface area contributed by atoms with Crippen molar-refractivity contribution in [3.05, 3.63) is 41.4 Å². The molecule has 0 saturated heterocycles. The molecule has 0 amide bonds. The number of halogens is 2. The van der Waals surface area contributed by atoms with E-state index in [2.05, 4.69) is 22.2 Å². The summed E-state index contributed by atoms with van der Waals surface area (Å²) < 4.78 is 5.71. The Morgan fingerprint density at radius 1 is 1.43 bits per heavy atom. The first-order valence-corrected chi connectivity index (χ1v) is 6.99. The summed E-state index contributed by atoms with van der Waals surface area (Å²) >= 11 is 5.90. The molecule has 4 nitrogen and oxygen atoms in total. The van der Waals surface area contributed by atoms with E-state index < -0.39 is 0 Å². The molecule has 0 atom stereocenters. The molecule has 0 bridgehead atoms. The van der Waals surface area contributed by atoms with Crippen LogP contribution in [0.1, 0.15) is 12.0 Å². The zero-order chi connectivity index (χ0) is 14.8. The lowest BCUT2D eigenvalue weighted by atomic mass is 10.2. The van der Waals surface area contributed by atoms with Crippen molar-refractivity contribution in [2.45, 2.75) is 13.3 Å². The van der Waals surface area contributed by atoms with Crippen molar-refractivity contribution in [2.75, 3.05) is 26.7 Å². The maximum atomic E-state index is 5.90. The standard InChI is InChI=1S/C15H22ClN3O.HI/c1-4-8-18-15(17-3)19-9-5-10-20-14-7-6-13(16)11-12(14)2;/h4,6-7,11H,1,5,8-10H2,2-3H3,(H2,17,18,19);1H. The van der Waals surface area contributed by atoms with Gasteiger partial charge in [0.05, 0.1) is 6.61 Å². The van der Waals surface area contributed by atoms with Crippen LogP contribution in [-0.4, -0.2) is 32.7 Å². The van der Waals surface area contributed by atoms with Gasteiger partial charge in [0.2, 0.25) is 0 Å². The first kappa shape index (κ1) is 20.1. The summed E-state index contributed by atoms with van der Waals surface area (Å²) in [7, 11) is 1.74. The monoisotopic (exact) mass is 423 g/mol. The van der Waals surface area contributed by atoms with Crippen LogP contribution in [0.15, 0.2) is 35.8 Å². The van der Waals surface area contributed by atoms with E-state index in [9.17, 15) is 0 Å². The zero-order valence-corrected chi connectivity index (χ0v) is 15.6. The quantitative estimate of drug-likeness (QED) is 0.232. The Balaban J connectivity index is 0.00000400. The van der Waals surface area contributed by atoms with Crippen LogP contribution in [-0.2, 0) is 0 Å². The Kier molecular flexibility index (Phi) is 11.2. The van der Waals surface area contributed by atoms with E-state index in [0.29, 0.717) is 13.2 Å². The minimum Gasteiger partial charge on any atom is -0.493 e. The minimum atomic E-state index is 0. The third-order valence-corrected chi connectivity index (χ3v) is 2.88. The number of guanidine groups is 1. The molecule has 6 heteroatoms. The minimum absolute atomic E-state index is 0. The highest BCUT2D eigenvalue weighted by atomic mass is 127. The fourth-order valence-electron chi connectivity index (χ4n) is 1.63. The van der Waals surface area contributed by atoms with E-state index in [1.165, 1.54) is 0 Å². The van der Waals surface area contributed by atoms with Crippen molar-refractivity contribution >= 4 is 41.5 Å². The number of hydrogen-bond donors (Lipinski definition) is 2. The molecule has 0 radical (unpaired) electrons. The molecule has 0 heterocycles. The molecule has 0 fully saturated rings. The van der Waals surface area contributed by atoms with Crippen molar-refractivity contribution in [1.82, 2.24) is 10.6 Å². The van der Waals surface area contributed by atoms with Gasteiger partial charge < -0.3 is 15.4 Å². The highest BCUT2D eigenvalue weighted by molar-refractivity contribution is 14.0. The number of nitrogens with one attached hydrogen (secondary N) is 2. The molecular weight excluding hydrogens is 401 g/mol. The van der Waals surface area contributed by atoms with Crippen molar-refractivity contribution in [1.29, 1.82) is 0 Å². The number of hydrogen-bond acceptors (Lipinski definition) is 2. The van der Waals surface area contributed by atoms with Crippen LogP contribution < -0.4 is 15.4 Å². The van der Waals surface area contributed by atoms with Crippen LogP contribution >= 0.6 is 35.6 Å². The van der Waals surface area contributed by atoms with Crippen molar-refractivity contribution < 1.29 is 4.74 Å². The second-order valence-electron chi connectivity index (χ2n) is 4.28. The second-order valence-corrected chi connectivity index (χ2v) is 4.72. The number of benzene rings is 1. The fourth-order valence-corrected chi connectivity index (χ4v) is 1.85. The van der Waals surface area contributed by atoms with Gasteiger partial charge in [0.25, 0.3) is 0 Å². The van der Waals surface area contributed by atoms with Gasteiger partial charge in [-0.05, 0) is 37.1 Å². The van der Waals surface area contributed by atoms with Crippen molar-refractivity contribution in [3.63, 3.8) is 0 Å². The lowest BCUT2D eigenvalue weighted by Crippen LogP contribution is -2.38. The van der Waals surface area contributed by atoms with Gasteiger partial charge in [0, 0.05) is 25.2 Å². The Morgan fingerprint density at radius 3 is 2.81 bits per heavy atom. The molecule has 21 heavy (non-hydrogen) atoms. The molecule has 2 N–H and O–H groups in total. The van der Waals surface area contributed by atoms with Gasteiger partial charge in [-0.25, -0.2) is 0 Å². The van der Waals surface area contributed by atoms with E-state index >= 15 is 0 Å². The number of ether oxygens (including phenoxy) is 1. The molecule has 0 unspecified atom stereocenters. The summed E-state index contributed by atoms with van der Waals surface area (Å²) in [6.07, 6.45) is 2.68. The number of aliphatic imine (C=N–C) groups is 1. The van der Waals surface area contributed by atoms with Gasteiger partial charge >= 0.3 is 0 Å². The number of aryl methyl sites for hydroxylation is 1. The summed E-state index contributed by atoms with van der Waals surface area (Å²) in [6.45, 7) is 7.77. The highest BCUT2D eigenvalue weighted by Gasteiger charge is 2.00. The molecule has 0 aliphatic rings. The Morgan fingerprint density at radius 2 is 2.19 bits per heavy atom. The van der Waals surface area contributed by atoms with Gasteiger partial charge in [-0.1, -0.05) is 17.7 Å². The molecule has 118 valence electrons. The second kappa shape index (κ2) is 11.7. The lowest BCUT2D eigenvalue weighted by molar-refractivity contribution is 0.309. The van der Waals surface area contributed by atoms with E-state index in [-0.39, 0.29) is 24.0 Å². The molecule has 1 aromatic carbocycles. The van der Waals surface area contributed by atoms with Gasteiger partial charge in [-0.15, -0.1) is 30.6 Å². The molecular formula is C15H23ClIN3O. The average molecular weight is 424 g/mol. The zero-order valence-electron chi connectivity index (χ0n) is 12.5. The SMILES string of the molecule is C=CCNC(=NC)NCCCOc1ccc(Cl)cc1C.I. The molecule has 0 aliphatic heterocycles. The fraction of sp³-hybridized carbons (Fsp3) is 0.400. The maximum absolute atomic E-state index is 5.90. The molecule has 0 aromatic heterocycles. The van der Waals surface area contributed by atoms with Gasteiger partial charge in [0.15, 0.2) is 5.96 Å². The van der Waals surface area contributed by atoms with Crippen LogP contribution in [0.5, 0.6) is 5.75 Å². The first-order chi connectivity index (χ1) is 9.67. The van der Waals surface area contributed by atoms with Crippen molar-refractivity contribution in [2.24, 2.45) is 4.99 Å². The Labute approximate surface area is 149 Å². The van der Waals surface area contributed by atoms with E-state index in [1.54, 1.807) is 13.1 Å². The van der Waals surface area contributed by atoms with Crippen LogP contribution in [0.3, 0.4) is 0 Å². The van der Waals surface area contributed by atoms with E-state index in [1.807, 2.05) is 25.1 Å². The molecule has 1 aromatic rings. The van der Waals surface area contributed by atoms with Gasteiger partial charge in [-0.3, -0.25) is 4.99 Å². The van der Waals surface area contributed by atoms with Crippen LogP contribution in [0, 0.1) is 6.92 Å². The molecule has 0 spiro atoms. The summed E-state index contributed by atoms with van der Waals surface area (Å²) in [5.41, 5.74) is 1.05. The number of rotatable bonds is 7. The average Bonchev–Trinajstić information content (AvgIpc) is 2.44. The van der Waals surface area contributed by atoms with Crippen LogP contribution in [0.2, 0.25) is 5.02 Å². The molecule has 0 saturated carbocycles. The summed E-state index contributed by atoms with van der Waals surface area (Å²) in [6, 6.07) is 5.63. The Bertz CT molecular complexity index is 466. The van der Waals surface area contributed by atoms with Gasteiger partial charge in [-0.2, -0.15) is 0 Å². The predicted octanol–water partition coefficient (Wildman–Crippen LogP) is 3.39. The predicted molar refractivity (Wildman–Crippen MR) is 101 cm³/mol. The lowest BCUT2D eigenvalue weighted by Gasteiger charge is -2.12. The third-order valence-electron chi connectivity index (χ3n) is 2.65. The van der Waals surface area contributed by atoms with Crippen LogP contribution in [0.4, 0.5) is 0 Å². The molecule has 0 aliphatic carbocycles. The van der Waals surface area contributed by atoms with Crippen molar-refractivity contribution in [3.8, 4) is 5.75 Å². The Hall–Kier alpha value is -0.950. The largest absolute Gasteiger partial charge is 0.493 e. The summed E-state index contributed by atoms with van der Waals surface area (Å²) in [5, 5.41) is 7.04. The molecule has 1 rings (SSSR count). The topological polar surface area (TPSA) is 45.7 Å². The normalized spacial score (nSPS) is 10.5. The smallest absolute Gasteiger partial charge is 0.191 e. The highest BCUT2D eigenvalue weighted by Crippen LogP contribution is 2.21. The number of nitrogens with zero attached hydrogens (tertiary/aromatic N) is 1. The van der Waals surface area contributed by atoms with Gasteiger partial charge in [0.1, 0.15) is 5.75 Å². The van der Waals surface area contributed by atoms with Crippen LogP contribution in [0.25, 0.3) is 0 Å². The van der Waals surface area contributed by atoms with E-state index in [0.717, 1.165) is 35.3 Å². The third kappa shape index (κ3) is 8.16. The summed E-state index contributed by atoms with van der Waals surface area (Å²) in [4.78, 5) is 4.10.